The molecule has 4 aromatic rings. The first-order valence-electron chi connectivity index (χ1n) is 14.8. The summed E-state index contributed by atoms with van der Waals surface area (Å²) in [6.07, 6.45) is 1.79. The van der Waals surface area contributed by atoms with Gasteiger partial charge in [0.25, 0.3) is 5.56 Å². The van der Waals surface area contributed by atoms with Gasteiger partial charge in [0.1, 0.15) is 12.4 Å². The highest BCUT2D eigenvalue weighted by molar-refractivity contribution is 5.94. The fourth-order valence-electron chi connectivity index (χ4n) is 7.07. The van der Waals surface area contributed by atoms with E-state index in [1.807, 2.05) is 37.3 Å². The van der Waals surface area contributed by atoms with E-state index in [1.165, 1.54) is 6.07 Å². The number of amides is 1. The number of aromatic nitrogens is 2. The molecule has 0 saturated heterocycles. The van der Waals surface area contributed by atoms with E-state index in [0.29, 0.717) is 41.7 Å². The number of cyclic esters (lactones) is 1. The topological polar surface area (TPSA) is 111 Å². The highest BCUT2D eigenvalue weighted by Crippen LogP contribution is 2.46. The second-order valence-electron chi connectivity index (χ2n) is 12.0. The molecule has 4 heterocycles. The fraction of sp³-hybridized carbons (Fsp3) is 0.353. The Labute approximate surface area is 247 Å². The van der Waals surface area contributed by atoms with Gasteiger partial charge < -0.3 is 19.7 Å². The van der Waals surface area contributed by atoms with Crippen LogP contribution in [0.4, 0.5) is 4.39 Å². The number of esters is 1. The molecule has 1 aliphatic carbocycles. The van der Waals surface area contributed by atoms with Crippen molar-refractivity contribution in [3.05, 3.63) is 97.6 Å². The lowest BCUT2D eigenvalue weighted by molar-refractivity contribution is -0.172. The van der Waals surface area contributed by atoms with Gasteiger partial charge in [0, 0.05) is 28.5 Å². The summed E-state index contributed by atoms with van der Waals surface area (Å²) in [5, 5.41) is 15.3. The monoisotopic (exact) mass is 581 g/mol. The summed E-state index contributed by atoms with van der Waals surface area (Å²) < 4.78 is 21.9. The Morgan fingerprint density at radius 1 is 1.21 bits per heavy atom. The summed E-state index contributed by atoms with van der Waals surface area (Å²) in [7, 11) is 0. The first kappa shape index (κ1) is 27.5. The van der Waals surface area contributed by atoms with Crippen LogP contribution in [0.2, 0.25) is 0 Å². The summed E-state index contributed by atoms with van der Waals surface area (Å²) in [4.78, 5) is 44.8. The van der Waals surface area contributed by atoms with Crippen LogP contribution in [-0.4, -0.2) is 26.5 Å². The van der Waals surface area contributed by atoms with E-state index in [-0.39, 0.29) is 59.9 Å². The number of ether oxygens (including phenoxy) is 1. The van der Waals surface area contributed by atoms with Gasteiger partial charge in [-0.25, -0.2) is 14.2 Å². The molecule has 220 valence electrons. The molecule has 1 amide bonds. The Morgan fingerprint density at radius 3 is 2.72 bits per heavy atom. The van der Waals surface area contributed by atoms with Crippen LogP contribution in [0.25, 0.3) is 22.3 Å². The van der Waals surface area contributed by atoms with Gasteiger partial charge in [-0.1, -0.05) is 44.2 Å². The molecule has 2 aromatic carbocycles. The number of halogens is 1. The fourth-order valence-corrected chi connectivity index (χ4v) is 7.07. The van der Waals surface area contributed by atoms with Crippen LogP contribution in [0.15, 0.2) is 47.3 Å². The summed E-state index contributed by atoms with van der Waals surface area (Å²) in [5.41, 5.74) is 3.68. The molecule has 2 aliphatic heterocycles. The van der Waals surface area contributed by atoms with Gasteiger partial charge in [-0.05, 0) is 60.9 Å². The number of benzene rings is 2. The zero-order valence-electron chi connectivity index (χ0n) is 24.3. The second-order valence-corrected chi connectivity index (χ2v) is 12.0. The number of pyridine rings is 2. The summed E-state index contributed by atoms with van der Waals surface area (Å²) in [5.74, 6) is -1.51. The molecule has 2 aromatic heterocycles. The minimum Gasteiger partial charge on any atom is -0.458 e. The van der Waals surface area contributed by atoms with Gasteiger partial charge in [0.2, 0.25) is 5.91 Å². The highest BCUT2D eigenvalue weighted by atomic mass is 19.1. The first-order chi connectivity index (χ1) is 20.6. The van der Waals surface area contributed by atoms with Gasteiger partial charge in [-0.15, -0.1) is 0 Å². The highest BCUT2D eigenvalue weighted by Gasteiger charge is 2.46. The average molecular weight is 582 g/mol. The third kappa shape index (κ3) is 4.05. The molecule has 0 radical (unpaired) electrons. The predicted octanol–water partition coefficient (Wildman–Crippen LogP) is 4.51. The van der Waals surface area contributed by atoms with Gasteiger partial charge in [-0.3, -0.25) is 9.59 Å². The molecule has 9 heteroatoms. The van der Waals surface area contributed by atoms with Crippen molar-refractivity contribution >= 4 is 22.8 Å². The second kappa shape index (κ2) is 9.84. The van der Waals surface area contributed by atoms with Gasteiger partial charge in [-0.2, -0.15) is 0 Å². The minimum atomic E-state index is -1.95. The number of aryl methyl sites for hydroxylation is 1. The number of carbonyl (C=O) groups excluding carboxylic acids is 2. The lowest BCUT2D eigenvalue weighted by Gasteiger charge is -2.31. The number of fused-ring (bicyclic) bond motifs is 5. The molecule has 0 spiro atoms. The van der Waals surface area contributed by atoms with E-state index in [2.05, 4.69) is 5.32 Å². The van der Waals surface area contributed by atoms with Crippen LogP contribution < -0.4 is 10.9 Å². The molecule has 3 atom stereocenters. The van der Waals surface area contributed by atoms with E-state index in [9.17, 15) is 19.5 Å². The predicted molar refractivity (Wildman–Crippen MR) is 158 cm³/mol. The molecule has 8 nitrogen and oxygen atoms in total. The van der Waals surface area contributed by atoms with Crippen molar-refractivity contribution in [2.75, 3.05) is 0 Å². The number of rotatable bonds is 5. The SMILES string of the molecule is CC[C@@]1(O)C(=O)OCc2c1cc1n(c2=O)Cc2c-1nc1cc(F)c(C)c3c1c2[C@@H](NC(=O)[C@@H](C)Cc1ccccc1)CC3. The Morgan fingerprint density at radius 2 is 1.98 bits per heavy atom. The van der Waals surface area contributed by atoms with E-state index >= 15 is 4.39 Å². The van der Waals surface area contributed by atoms with Gasteiger partial charge in [0.15, 0.2) is 5.60 Å². The van der Waals surface area contributed by atoms with Crippen molar-refractivity contribution in [1.82, 2.24) is 14.9 Å². The van der Waals surface area contributed by atoms with Crippen molar-refractivity contribution < 1.29 is 23.8 Å². The molecule has 0 bridgehead atoms. The van der Waals surface area contributed by atoms with Crippen LogP contribution in [0, 0.1) is 18.7 Å². The summed E-state index contributed by atoms with van der Waals surface area (Å²) in [6.45, 7) is 5.31. The largest absolute Gasteiger partial charge is 0.458 e. The summed E-state index contributed by atoms with van der Waals surface area (Å²) >= 11 is 0. The Balaban J connectivity index is 1.38. The number of aliphatic hydroxyl groups is 1. The molecule has 7 rings (SSSR count). The third-order valence-corrected chi connectivity index (χ3v) is 9.53. The molecule has 3 aliphatic rings. The standard InChI is InChI=1S/C34H32FN3O5/c1-4-34(42)23-13-27-30-21(15-38(27)32(40)22(23)16-43-33(34)41)29-25(37-31(39)17(2)12-19-8-6-5-7-9-19)11-10-20-18(3)24(35)14-26(36-30)28(20)29/h5-9,13-14,17,25,42H,4,10-12,15-16H2,1-3H3,(H,37,39)/t17-,25-,34-/m0/s1. The van der Waals surface area contributed by atoms with Crippen molar-refractivity contribution in [2.45, 2.75) is 71.2 Å². The maximum Gasteiger partial charge on any atom is 0.343 e. The van der Waals surface area contributed by atoms with Crippen molar-refractivity contribution in [3.8, 4) is 11.4 Å². The van der Waals surface area contributed by atoms with Crippen LogP contribution in [0.1, 0.15) is 71.7 Å². The van der Waals surface area contributed by atoms with Gasteiger partial charge >= 0.3 is 5.97 Å². The van der Waals surface area contributed by atoms with Gasteiger partial charge in [0.05, 0.1) is 35.1 Å². The van der Waals surface area contributed by atoms with Crippen LogP contribution >= 0.6 is 0 Å². The normalized spacial score (nSPS) is 20.7. The van der Waals surface area contributed by atoms with Crippen LogP contribution in [-0.2, 0) is 45.9 Å². The molecule has 0 fully saturated rings. The van der Waals surface area contributed by atoms with Crippen molar-refractivity contribution in [2.24, 2.45) is 5.92 Å². The van der Waals surface area contributed by atoms with E-state index in [0.717, 1.165) is 27.6 Å². The van der Waals surface area contributed by atoms with E-state index < -0.39 is 11.6 Å². The molecule has 0 unspecified atom stereocenters. The number of carbonyl (C=O) groups is 2. The van der Waals surface area contributed by atoms with E-state index in [4.69, 9.17) is 9.72 Å². The minimum absolute atomic E-state index is 0.0358. The maximum absolute atomic E-state index is 15.2. The molecular weight excluding hydrogens is 549 g/mol. The molecule has 43 heavy (non-hydrogen) atoms. The van der Waals surface area contributed by atoms with Crippen LogP contribution in [0.3, 0.4) is 0 Å². The summed E-state index contributed by atoms with van der Waals surface area (Å²) in [6, 6.07) is 12.6. The van der Waals surface area contributed by atoms with Crippen molar-refractivity contribution in [1.29, 1.82) is 0 Å². The number of nitrogens with one attached hydrogen (secondary N) is 1. The molecule has 2 N–H and O–H groups in total. The molecule has 0 saturated carbocycles. The number of hydrogen-bond acceptors (Lipinski definition) is 6. The number of nitrogens with zero attached hydrogens (tertiary/aromatic N) is 2. The average Bonchev–Trinajstić information content (AvgIpc) is 3.37. The lowest BCUT2D eigenvalue weighted by atomic mass is 9.81. The van der Waals surface area contributed by atoms with Crippen molar-refractivity contribution in [3.63, 3.8) is 0 Å². The number of hydrogen-bond donors (Lipinski definition) is 2. The first-order valence-corrected chi connectivity index (χ1v) is 14.8. The third-order valence-electron chi connectivity index (χ3n) is 9.53. The smallest absolute Gasteiger partial charge is 0.343 e. The Hall–Kier alpha value is -4.37. The lowest BCUT2D eigenvalue weighted by Crippen LogP contribution is -2.44. The molecular formula is C34H32FN3O5. The quantitative estimate of drug-likeness (QED) is 0.296. The van der Waals surface area contributed by atoms with Crippen LogP contribution in [0.5, 0.6) is 0 Å². The maximum atomic E-state index is 15.2. The van der Waals surface area contributed by atoms with E-state index in [1.54, 1.807) is 24.5 Å². The Kier molecular flexibility index (Phi) is 6.28. The Bertz CT molecular complexity index is 1920. The zero-order valence-corrected chi connectivity index (χ0v) is 24.3. The zero-order chi connectivity index (χ0) is 30.2.